The van der Waals surface area contributed by atoms with Crippen molar-refractivity contribution in [2.24, 2.45) is 0 Å². The monoisotopic (exact) mass is 385 g/mol. The van der Waals surface area contributed by atoms with Crippen molar-refractivity contribution in [2.45, 2.75) is 19.4 Å². The van der Waals surface area contributed by atoms with Gasteiger partial charge in [0, 0.05) is 18.7 Å². The molecule has 1 aromatic rings. The van der Waals surface area contributed by atoms with Gasteiger partial charge in [0.05, 0.1) is 31.3 Å². The number of sulfone groups is 1. The van der Waals surface area contributed by atoms with E-state index < -0.39 is 28.3 Å². The highest BCUT2D eigenvalue weighted by Gasteiger charge is 2.34. The number of carbonyl (C=O) groups is 2. The average molecular weight is 385 g/mol. The van der Waals surface area contributed by atoms with Gasteiger partial charge in [0.1, 0.15) is 11.5 Å². The van der Waals surface area contributed by atoms with Crippen LogP contribution in [0.4, 0.5) is 0 Å². The molecule has 0 N–H and O–H groups in total. The Kier molecular flexibility index (Phi) is 6.47. The summed E-state index contributed by atoms with van der Waals surface area (Å²) in [5.74, 6) is -0.232. The summed E-state index contributed by atoms with van der Waals surface area (Å²) in [5, 5.41) is 0. The first-order valence-electron chi connectivity index (χ1n) is 8.19. The number of nitrogens with zero attached hydrogens (tertiary/aromatic N) is 1. The highest BCUT2D eigenvalue weighted by Crippen LogP contribution is 2.23. The van der Waals surface area contributed by atoms with E-state index in [2.05, 4.69) is 0 Å². The fraction of sp³-hybridized carbons (Fsp3) is 0.529. The minimum absolute atomic E-state index is 0.0480. The van der Waals surface area contributed by atoms with Crippen LogP contribution in [0.25, 0.3) is 0 Å². The van der Waals surface area contributed by atoms with E-state index in [1.807, 2.05) is 0 Å². The van der Waals surface area contributed by atoms with E-state index in [-0.39, 0.29) is 23.1 Å². The molecule has 0 radical (unpaired) electrons. The Balaban J connectivity index is 2.01. The van der Waals surface area contributed by atoms with Gasteiger partial charge in [0.25, 0.3) is 5.91 Å². The lowest BCUT2D eigenvalue weighted by atomic mass is 10.2. The maximum atomic E-state index is 12.4. The van der Waals surface area contributed by atoms with Crippen molar-refractivity contribution in [2.75, 3.05) is 38.9 Å². The summed E-state index contributed by atoms with van der Waals surface area (Å²) in [6, 6.07) is 4.21. The van der Waals surface area contributed by atoms with Gasteiger partial charge in [-0.3, -0.25) is 4.79 Å². The lowest BCUT2D eigenvalue weighted by Gasteiger charge is -2.26. The van der Waals surface area contributed by atoms with Crippen LogP contribution in [0.5, 0.6) is 11.5 Å². The predicted molar refractivity (Wildman–Crippen MR) is 94.3 cm³/mol. The van der Waals surface area contributed by atoms with Gasteiger partial charge >= 0.3 is 5.97 Å². The Hall–Kier alpha value is -2.29. The smallest absolute Gasteiger partial charge is 0.338 e. The van der Waals surface area contributed by atoms with E-state index >= 15 is 0 Å². The van der Waals surface area contributed by atoms with Crippen LogP contribution in [0.2, 0.25) is 0 Å². The molecule has 144 valence electrons. The van der Waals surface area contributed by atoms with Gasteiger partial charge in [0.15, 0.2) is 16.4 Å². The Morgan fingerprint density at radius 2 is 1.77 bits per heavy atom. The number of hydrogen-bond acceptors (Lipinski definition) is 7. The van der Waals surface area contributed by atoms with E-state index in [1.165, 1.54) is 31.3 Å². The number of rotatable bonds is 7. The summed E-state index contributed by atoms with van der Waals surface area (Å²) in [6.07, 6.45) is 0.406. The van der Waals surface area contributed by atoms with Crippen molar-refractivity contribution >= 4 is 21.7 Å². The first-order chi connectivity index (χ1) is 12.3. The number of methoxy groups -OCH3 is 2. The fourth-order valence-electron chi connectivity index (χ4n) is 2.88. The largest absolute Gasteiger partial charge is 0.497 e. The number of hydrogen-bond donors (Lipinski definition) is 0. The molecule has 0 aliphatic carbocycles. The molecule has 1 heterocycles. The van der Waals surface area contributed by atoms with Gasteiger partial charge in [0.2, 0.25) is 0 Å². The van der Waals surface area contributed by atoms with E-state index in [4.69, 9.17) is 14.2 Å². The molecule has 0 bridgehead atoms. The third-order valence-corrected chi connectivity index (χ3v) is 5.97. The lowest BCUT2D eigenvalue weighted by molar-refractivity contribution is -0.136. The lowest BCUT2D eigenvalue weighted by Crippen LogP contribution is -2.43. The summed E-state index contributed by atoms with van der Waals surface area (Å²) in [5.41, 5.74) is 0.195. The van der Waals surface area contributed by atoms with E-state index in [0.29, 0.717) is 24.5 Å². The molecule has 1 amide bonds. The van der Waals surface area contributed by atoms with Gasteiger partial charge in [-0.15, -0.1) is 0 Å². The standard InChI is InChI=1S/C17H23NO7S/c1-4-18(13-5-6-26(21,22)11-13)16(19)10-25-17(20)12-7-14(23-2)9-15(8-12)24-3/h7-9,13H,4-6,10-11H2,1-3H3. The van der Waals surface area contributed by atoms with Crippen molar-refractivity contribution in [1.29, 1.82) is 0 Å². The molecule has 26 heavy (non-hydrogen) atoms. The van der Waals surface area contributed by atoms with Crippen molar-refractivity contribution in [1.82, 2.24) is 4.90 Å². The summed E-state index contributed by atoms with van der Waals surface area (Å²) in [4.78, 5) is 26.0. The molecule has 1 saturated heterocycles. The highest BCUT2D eigenvalue weighted by atomic mass is 32.2. The molecule has 0 saturated carbocycles. The Bertz CT molecular complexity index is 753. The number of carbonyl (C=O) groups excluding carboxylic acids is 2. The van der Waals surface area contributed by atoms with Crippen LogP contribution < -0.4 is 9.47 Å². The molecule has 1 aliphatic rings. The molecule has 8 nitrogen and oxygen atoms in total. The van der Waals surface area contributed by atoms with E-state index in [1.54, 1.807) is 13.0 Å². The SMILES string of the molecule is CCN(C(=O)COC(=O)c1cc(OC)cc(OC)c1)C1CCS(=O)(=O)C1. The normalized spacial score (nSPS) is 18.2. The van der Waals surface area contributed by atoms with E-state index in [0.717, 1.165) is 0 Å². The second-order valence-electron chi connectivity index (χ2n) is 5.91. The number of benzene rings is 1. The third kappa shape index (κ3) is 4.87. The number of ether oxygens (including phenoxy) is 3. The maximum Gasteiger partial charge on any atom is 0.338 e. The highest BCUT2D eigenvalue weighted by molar-refractivity contribution is 7.91. The molecule has 1 aromatic carbocycles. The molecular weight excluding hydrogens is 362 g/mol. The Morgan fingerprint density at radius 3 is 2.23 bits per heavy atom. The van der Waals surface area contributed by atoms with Gasteiger partial charge < -0.3 is 19.1 Å². The molecule has 0 aromatic heterocycles. The summed E-state index contributed by atoms with van der Waals surface area (Å²) in [6.45, 7) is 1.66. The third-order valence-electron chi connectivity index (χ3n) is 4.22. The van der Waals surface area contributed by atoms with Crippen molar-refractivity contribution in [3.05, 3.63) is 23.8 Å². The Labute approximate surface area is 152 Å². The summed E-state index contributed by atoms with van der Waals surface area (Å²) >= 11 is 0. The van der Waals surface area contributed by atoms with Crippen LogP contribution in [0.15, 0.2) is 18.2 Å². The van der Waals surface area contributed by atoms with Gasteiger partial charge in [-0.05, 0) is 25.5 Å². The molecule has 1 unspecified atom stereocenters. The number of amides is 1. The summed E-state index contributed by atoms with van der Waals surface area (Å²) in [7, 11) is -0.182. The molecule has 2 rings (SSSR count). The topological polar surface area (TPSA) is 99.2 Å². The molecule has 1 atom stereocenters. The Morgan fingerprint density at radius 1 is 1.15 bits per heavy atom. The fourth-order valence-corrected chi connectivity index (χ4v) is 4.61. The zero-order chi connectivity index (χ0) is 19.3. The minimum atomic E-state index is -3.10. The first kappa shape index (κ1) is 20.0. The maximum absolute atomic E-state index is 12.4. The van der Waals surface area contributed by atoms with E-state index in [9.17, 15) is 18.0 Å². The predicted octanol–water partition coefficient (Wildman–Crippen LogP) is 0.896. The van der Waals surface area contributed by atoms with Crippen molar-refractivity contribution < 1.29 is 32.2 Å². The molecular formula is C17H23NO7S. The number of esters is 1. The van der Waals surface area contributed by atoms with Crippen LogP contribution in [0.1, 0.15) is 23.7 Å². The quantitative estimate of drug-likeness (QED) is 0.643. The molecule has 0 spiro atoms. The van der Waals surface area contributed by atoms with Crippen LogP contribution in [0.3, 0.4) is 0 Å². The van der Waals surface area contributed by atoms with Crippen molar-refractivity contribution in [3.8, 4) is 11.5 Å². The van der Waals surface area contributed by atoms with Crippen LogP contribution in [-0.2, 0) is 19.4 Å². The molecule has 9 heteroatoms. The van der Waals surface area contributed by atoms with Crippen LogP contribution >= 0.6 is 0 Å². The average Bonchev–Trinajstić information content (AvgIpc) is 2.99. The molecule has 1 aliphatic heterocycles. The van der Waals surface area contributed by atoms with Crippen LogP contribution in [0, 0.1) is 0 Å². The molecule has 1 fully saturated rings. The second kappa shape index (κ2) is 8.39. The van der Waals surface area contributed by atoms with Crippen molar-refractivity contribution in [3.63, 3.8) is 0 Å². The summed E-state index contributed by atoms with van der Waals surface area (Å²) < 4.78 is 38.5. The zero-order valence-corrected chi connectivity index (χ0v) is 15.9. The first-order valence-corrected chi connectivity index (χ1v) is 10.0. The minimum Gasteiger partial charge on any atom is -0.497 e. The van der Waals surface area contributed by atoms with Gasteiger partial charge in [-0.1, -0.05) is 0 Å². The van der Waals surface area contributed by atoms with Gasteiger partial charge in [-0.2, -0.15) is 0 Å². The van der Waals surface area contributed by atoms with Crippen LogP contribution in [-0.4, -0.2) is 70.1 Å². The van der Waals surface area contributed by atoms with Gasteiger partial charge in [-0.25, -0.2) is 13.2 Å². The number of likely N-dealkylation sites (N-methyl/N-ethyl adjacent to an activating group) is 1. The second-order valence-corrected chi connectivity index (χ2v) is 8.14. The zero-order valence-electron chi connectivity index (χ0n) is 15.1.